The van der Waals surface area contributed by atoms with Crippen LogP contribution >= 0.6 is 0 Å². The molecule has 6 nitrogen and oxygen atoms in total. The first kappa shape index (κ1) is 22.4. The van der Waals surface area contributed by atoms with Crippen LogP contribution in [0.3, 0.4) is 0 Å². The minimum atomic E-state index is -0.429. The maximum absolute atomic E-state index is 12.6. The van der Waals surface area contributed by atoms with Crippen molar-refractivity contribution in [1.29, 1.82) is 5.26 Å². The van der Waals surface area contributed by atoms with Crippen molar-refractivity contribution in [3.63, 3.8) is 0 Å². The lowest BCUT2D eigenvalue weighted by molar-refractivity contribution is -0.112. The molecule has 0 bridgehead atoms. The fraction of sp³-hybridized carbons (Fsp3) is 0.360. The minimum Gasteiger partial charge on any atom is -0.494 e. The fourth-order valence-electron chi connectivity index (χ4n) is 3.29. The number of carbonyl (C=O) groups is 1. The van der Waals surface area contributed by atoms with Gasteiger partial charge in [-0.15, -0.1) is 0 Å². The molecule has 0 atom stereocenters. The van der Waals surface area contributed by atoms with E-state index in [0.29, 0.717) is 12.3 Å². The number of carbonyl (C=O) groups excluding carboxylic acids is 1. The van der Waals surface area contributed by atoms with Gasteiger partial charge in [0.15, 0.2) is 0 Å². The van der Waals surface area contributed by atoms with Crippen molar-refractivity contribution in [2.24, 2.45) is 0 Å². The summed E-state index contributed by atoms with van der Waals surface area (Å²) in [6, 6.07) is 17.0. The smallest absolute Gasteiger partial charge is 0.266 e. The topological polar surface area (TPSA) is 74.6 Å². The van der Waals surface area contributed by atoms with E-state index >= 15 is 0 Å². The Hall–Kier alpha value is -3.30. The third-order valence-corrected chi connectivity index (χ3v) is 5.07. The van der Waals surface area contributed by atoms with E-state index in [4.69, 9.17) is 9.47 Å². The highest BCUT2D eigenvalue weighted by Gasteiger charge is 2.12. The van der Waals surface area contributed by atoms with Crippen LogP contribution in [0.5, 0.6) is 5.75 Å². The second-order valence-electron chi connectivity index (χ2n) is 7.39. The van der Waals surface area contributed by atoms with Gasteiger partial charge in [0.25, 0.3) is 5.91 Å². The summed E-state index contributed by atoms with van der Waals surface area (Å²) in [5, 5.41) is 12.2. The Labute approximate surface area is 184 Å². The van der Waals surface area contributed by atoms with E-state index in [1.807, 2.05) is 54.6 Å². The molecule has 1 heterocycles. The van der Waals surface area contributed by atoms with Gasteiger partial charge in [0.1, 0.15) is 17.4 Å². The van der Waals surface area contributed by atoms with Gasteiger partial charge >= 0.3 is 0 Å². The average molecular weight is 420 g/mol. The highest BCUT2D eigenvalue weighted by atomic mass is 16.5. The van der Waals surface area contributed by atoms with Crippen molar-refractivity contribution in [1.82, 2.24) is 0 Å². The molecule has 162 valence electrons. The number of ether oxygens (including phenoxy) is 2. The number of rotatable bonds is 9. The molecule has 6 heteroatoms. The zero-order valence-electron chi connectivity index (χ0n) is 18.0. The van der Waals surface area contributed by atoms with E-state index in [1.54, 1.807) is 6.08 Å². The average Bonchev–Trinajstić information content (AvgIpc) is 2.82. The molecule has 0 saturated carbocycles. The Bertz CT molecular complexity index is 909. The molecule has 0 aromatic heterocycles. The van der Waals surface area contributed by atoms with Crippen LogP contribution in [-0.4, -0.2) is 38.8 Å². The molecule has 1 saturated heterocycles. The molecule has 31 heavy (non-hydrogen) atoms. The normalized spacial score (nSPS) is 14.1. The predicted molar refractivity (Wildman–Crippen MR) is 123 cm³/mol. The molecule has 0 aliphatic carbocycles. The summed E-state index contributed by atoms with van der Waals surface area (Å²) in [5.41, 5.74) is 2.57. The van der Waals surface area contributed by atoms with Crippen LogP contribution in [0, 0.1) is 11.3 Å². The van der Waals surface area contributed by atoms with Gasteiger partial charge in [-0.25, -0.2) is 0 Å². The molecular formula is C25H29N3O3. The maximum Gasteiger partial charge on any atom is 0.266 e. The van der Waals surface area contributed by atoms with Crippen LogP contribution in [-0.2, 0) is 9.53 Å². The van der Waals surface area contributed by atoms with Crippen LogP contribution in [0.2, 0.25) is 0 Å². The molecule has 2 aromatic rings. The molecule has 1 N–H and O–H groups in total. The van der Waals surface area contributed by atoms with E-state index in [-0.39, 0.29) is 5.57 Å². The van der Waals surface area contributed by atoms with Gasteiger partial charge < -0.3 is 19.7 Å². The number of nitrogens with one attached hydrogen (secondary N) is 1. The predicted octanol–water partition coefficient (Wildman–Crippen LogP) is 4.64. The minimum absolute atomic E-state index is 0.0499. The van der Waals surface area contributed by atoms with Crippen LogP contribution in [0.25, 0.3) is 6.08 Å². The zero-order valence-corrected chi connectivity index (χ0v) is 18.0. The SMILES string of the molecule is CCCCCOc1ccc(/C=C(\C#N)C(=O)Nc2ccc(N3CCOCC3)cc2)cc1. The van der Waals surface area contributed by atoms with Crippen molar-refractivity contribution in [2.75, 3.05) is 43.1 Å². The zero-order chi connectivity index (χ0) is 21.9. The Morgan fingerprint density at radius 3 is 2.48 bits per heavy atom. The summed E-state index contributed by atoms with van der Waals surface area (Å²) < 4.78 is 11.1. The number of hydrogen-bond donors (Lipinski definition) is 1. The second-order valence-corrected chi connectivity index (χ2v) is 7.39. The molecule has 1 aliphatic rings. The summed E-state index contributed by atoms with van der Waals surface area (Å²) >= 11 is 0. The van der Waals surface area contributed by atoms with Crippen molar-refractivity contribution >= 4 is 23.4 Å². The number of anilines is 2. The molecular weight excluding hydrogens is 390 g/mol. The summed E-state index contributed by atoms with van der Waals surface area (Å²) in [5.74, 6) is 0.359. The standard InChI is InChI=1S/C25H29N3O3/c1-2-3-4-15-31-24-11-5-20(6-12-24)18-21(19-26)25(29)27-22-7-9-23(10-8-22)28-13-16-30-17-14-28/h5-12,18H,2-4,13-17H2,1H3,(H,27,29)/b21-18+. The first-order chi connectivity index (χ1) is 15.2. The lowest BCUT2D eigenvalue weighted by Gasteiger charge is -2.28. The Morgan fingerprint density at radius 2 is 1.84 bits per heavy atom. The summed E-state index contributed by atoms with van der Waals surface area (Å²) in [7, 11) is 0. The van der Waals surface area contributed by atoms with Crippen molar-refractivity contribution < 1.29 is 14.3 Å². The first-order valence-corrected chi connectivity index (χ1v) is 10.8. The highest BCUT2D eigenvalue weighted by molar-refractivity contribution is 6.09. The van der Waals surface area contributed by atoms with Gasteiger partial charge in [-0.2, -0.15) is 5.26 Å². The van der Waals surface area contributed by atoms with Crippen LogP contribution in [0.4, 0.5) is 11.4 Å². The number of hydrogen-bond acceptors (Lipinski definition) is 5. The Kier molecular flexibility index (Phi) is 8.50. The second kappa shape index (κ2) is 11.8. The maximum atomic E-state index is 12.6. The van der Waals surface area contributed by atoms with Gasteiger partial charge in [0, 0.05) is 24.5 Å². The fourth-order valence-corrected chi connectivity index (χ4v) is 3.29. The van der Waals surface area contributed by atoms with E-state index in [1.165, 1.54) is 0 Å². The van der Waals surface area contributed by atoms with Gasteiger partial charge in [-0.05, 0) is 54.5 Å². The third kappa shape index (κ3) is 6.87. The quantitative estimate of drug-likeness (QED) is 0.364. The molecule has 1 amide bonds. The lowest BCUT2D eigenvalue weighted by atomic mass is 10.1. The molecule has 3 rings (SSSR count). The number of nitrogens with zero attached hydrogens (tertiary/aromatic N) is 2. The first-order valence-electron chi connectivity index (χ1n) is 10.8. The Morgan fingerprint density at radius 1 is 1.13 bits per heavy atom. The third-order valence-electron chi connectivity index (χ3n) is 5.07. The number of morpholine rings is 1. The van der Waals surface area contributed by atoms with E-state index in [2.05, 4.69) is 17.1 Å². The summed E-state index contributed by atoms with van der Waals surface area (Å²) in [6.45, 7) is 6.01. The molecule has 0 radical (unpaired) electrons. The summed E-state index contributed by atoms with van der Waals surface area (Å²) in [4.78, 5) is 14.8. The van der Waals surface area contributed by atoms with E-state index in [9.17, 15) is 10.1 Å². The summed E-state index contributed by atoms with van der Waals surface area (Å²) in [6.07, 6.45) is 4.92. The lowest BCUT2D eigenvalue weighted by Crippen LogP contribution is -2.36. The van der Waals surface area contributed by atoms with Gasteiger partial charge in [0.05, 0.1) is 19.8 Å². The number of amides is 1. The van der Waals surface area contributed by atoms with E-state index < -0.39 is 5.91 Å². The molecule has 1 aliphatic heterocycles. The number of benzene rings is 2. The van der Waals surface area contributed by atoms with Crippen molar-refractivity contribution in [3.05, 3.63) is 59.7 Å². The van der Waals surface area contributed by atoms with Gasteiger partial charge in [-0.1, -0.05) is 31.9 Å². The van der Waals surface area contributed by atoms with Crippen molar-refractivity contribution in [3.8, 4) is 11.8 Å². The van der Waals surface area contributed by atoms with Gasteiger partial charge in [-0.3, -0.25) is 4.79 Å². The monoisotopic (exact) mass is 419 g/mol. The van der Waals surface area contributed by atoms with Crippen LogP contribution in [0.15, 0.2) is 54.1 Å². The Balaban J connectivity index is 1.58. The van der Waals surface area contributed by atoms with E-state index in [0.717, 1.165) is 62.6 Å². The highest BCUT2D eigenvalue weighted by Crippen LogP contribution is 2.20. The molecule has 0 unspecified atom stereocenters. The molecule has 0 spiro atoms. The number of nitriles is 1. The number of unbranched alkanes of at least 4 members (excludes halogenated alkanes) is 2. The largest absolute Gasteiger partial charge is 0.494 e. The van der Waals surface area contributed by atoms with Crippen molar-refractivity contribution in [2.45, 2.75) is 26.2 Å². The van der Waals surface area contributed by atoms with Crippen LogP contribution in [0.1, 0.15) is 31.7 Å². The molecule has 2 aromatic carbocycles. The molecule has 1 fully saturated rings. The van der Waals surface area contributed by atoms with Gasteiger partial charge in [0.2, 0.25) is 0 Å². The van der Waals surface area contributed by atoms with Crippen LogP contribution < -0.4 is 15.0 Å².